The van der Waals surface area contributed by atoms with Gasteiger partial charge in [0.25, 0.3) is 0 Å². The smallest absolute Gasteiger partial charge is 0.319 e. The number of benzene rings is 2. The van der Waals surface area contributed by atoms with Gasteiger partial charge in [0, 0.05) is 38.4 Å². The molecule has 4 atom stereocenters. The summed E-state index contributed by atoms with van der Waals surface area (Å²) in [6.45, 7) is 2.92. The molecular weight excluding hydrogens is 495 g/mol. The minimum atomic E-state index is -0.836. The fraction of sp³-hybridized carbons (Fsp3) is 0.458. The van der Waals surface area contributed by atoms with E-state index in [4.69, 9.17) is 9.47 Å². The van der Waals surface area contributed by atoms with Crippen LogP contribution in [-0.4, -0.2) is 91.9 Å². The first kappa shape index (κ1) is 29.0. The van der Waals surface area contributed by atoms with Gasteiger partial charge in [0.1, 0.15) is 18.0 Å². The van der Waals surface area contributed by atoms with E-state index < -0.39 is 18.3 Å². The number of hydrogen-bond acceptors (Lipinski definition) is 7. The summed E-state index contributed by atoms with van der Waals surface area (Å²) in [5, 5.41) is 26.1. The number of carbonyl (C=O) groups excluding carboxylic acids is 1. The SMILES string of the molecule is COc1ccccc1N1CCN([C@@H]2[C@H](O)[C@H](CO)O[C@@H]2CNC(=O)Nc2ccccc2)CC1.Cl.Cl. The van der Waals surface area contributed by atoms with Crippen molar-refractivity contribution in [3.05, 3.63) is 54.6 Å². The van der Waals surface area contributed by atoms with Crippen LogP contribution in [0, 0.1) is 0 Å². The van der Waals surface area contributed by atoms with Crippen molar-refractivity contribution in [2.45, 2.75) is 24.4 Å². The molecule has 2 heterocycles. The Labute approximate surface area is 218 Å². The van der Waals surface area contributed by atoms with E-state index in [0.717, 1.165) is 24.5 Å². The maximum Gasteiger partial charge on any atom is 0.319 e. The fourth-order valence-corrected chi connectivity index (χ4v) is 4.64. The molecule has 11 heteroatoms. The largest absolute Gasteiger partial charge is 0.495 e. The molecule has 9 nitrogen and oxygen atoms in total. The van der Waals surface area contributed by atoms with Crippen molar-refractivity contribution in [3.63, 3.8) is 0 Å². The number of anilines is 2. The molecular formula is C24H34Cl2N4O5. The molecule has 2 fully saturated rings. The van der Waals surface area contributed by atoms with Crippen LogP contribution in [0.3, 0.4) is 0 Å². The van der Waals surface area contributed by atoms with Gasteiger partial charge < -0.3 is 35.2 Å². The number of urea groups is 1. The Morgan fingerprint density at radius 2 is 1.69 bits per heavy atom. The zero-order chi connectivity index (χ0) is 23.2. The van der Waals surface area contributed by atoms with Crippen molar-refractivity contribution in [1.82, 2.24) is 10.2 Å². The summed E-state index contributed by atoms with van der Waals surface area (Å²) < 4.78 is 11.4. The molecule has 0 aliphatic carbocycles. The predicted molar refractivity (Wildman–Crippen MR) is 140 cm³/mol. The number of halogens is 2. The van der Waals surface area contributed by atoms with E-state index in [9.17, 15) is 15.0 Å². The molecule has 0 spiro atoms. The number of hydrogen-bond donors (Lipinski definition) is 4. The maximum absolute atomic E-state index is 12.3. The third-order valence-electron chi connectivity index (χ3n) is 6.30. The van der Waals surface area contributed by atoms with Crippen molar-refractivity contribution in [2.24, 2.45) is 0 Å². The molecule has 35 heavy (non-hydrogen) atoms. The summed E-state index contributed by atoms with van der Waals surface area (Å²) in [5.74, 6) is 0.835. The Balaban J connectivity index is 0.00000216. The van der Waals surface area contributed by atoms with Gasteiger partial charge in [-0.25, -0.2) is 4.79 Å². The van der Waals surface area contributed by atoms with Crippen molar-refractivity contribution < 1.29 is 24.5 Å². The van der Waals surface area contributed by atoms with E-state index in [-0.39, 0.29) is 50.0 Å². The number of aliphatic hydroxyl groups excluding tert-OH is 2. The zero-order valence-corrected chi connectivity index (χ0v) is 21.2. The highest BCUT2D eigenvalue weighted by Crippen LogP contribution is 2.31. The number of piperazine rings is 1. The fourth-order valence-electron chi connectivity index (χ4n) is 4.64. The average Bonchev–Trinajstić information content (AvgIpc) is 3.18. The molecule has 2 amide bonds. The van der Waals surface area contributed by atoms with Gasteiger partial charge in [-0.05, 0) is 24.3 Å². The highest BCUT2D eigenvalue weighted by molar-refractivity contribution is 5.89. The molecule has 4 N–H and O–H groups in total. The molecule has 2 saturated heterocycles. The molecule has 2 aliphatic rings. The van der Waals surface area contributed by atoms with Crippen LogP contribution in [0.4, 0.5) is 16.2 Å². The second-order valence-electron chi connectivity index (χ2n) is 8.27. The number of methoxy groups -OCH3 is 1. The van der Waals surface area contributed by atoms with Gasteiger partial charge in [-0.1, -0.05) is 30.3 Å². The van der Waals surface area contributed by atoms with Crippen LogP contribution >= 0.6 is 24.8 Å². The van der Waals surface area contributed by atoms with E-state index in [2.05, 4.69) is 20.4 Å². The minimum absolute atomic E-state index is 0. The summed E-state index contributed by atoms with van der Waals surface area (Å²) in [4.78, 5) is 16.8. The lowest BCUT2D eigenvalue weighted by molar-refractivity contribution is -0.0205. The first-order valence-electron chi connectivity index (χ1n) is 11.3. The highest BCUT2D eigenvalue weighted by atomic mass is 35.5. The molecule has 0 bridgehead atoms. The van der Waals surface area contributed by atoms with Crippen LogP contribution < -0.4 is 20.3 Å². The zero-order valence-electron chi connectivity index (χ0n) is 19.6. The van der Waals surface area contributed by atoms with Gasteiger partial charge in [0.2, 0.25) is 0 Å². The Bertz CT molecular complexity index is 918. The van der Waals surface area contributed by atoms with Crippen LogP contribution in [-0.2, 0) is 4.74 Å². The molecule has 194 valence electrons. The normalized spacial score (nSPS) is 24.1. The standard InChI is InChI=1S/C24H32N4O5.2ClH/c1-32-19-10-6-5-9-18(19)27-11-13-28(14-12-27)22-20(33-21(16-29)23(22)30)15-25-24(31)26-17-7-3-2-4-8-17;;/h2-10,20-23,29-30H,11-16H2,1H3,(H2,25,26,31);2*1H/t20-,21+,22+,23-;;/m1../s1. The van der Waals surface area contributed by atoms with Gasteiger partial charge >= 0.3 is 6.03 Å². The lowest BCUT2D eigenvalue weighted by Gasteiger charge is -2.41. The first-order chi connectivity index (χ1) is 16.1. The summed E-state index contributed by atoms with van der Waals surface area (Å²) in [5.41, 5.74) is 1.74. The molecule has 0 saturated carbocycles. The van der Waals surface area contributed by atoms with Crippen LogP contribution in [0.15, 0.2) is 54.6 Å². The summed E-state index contributed by atoms with van der Waals surface area (Å²) in [6.07, 6.45) is -1.94. The maximum atomic E-state index is 12.3. The third-order valence-corrected chi connectivity index (χ3v) is 6.30. The topological polar surface area (TPSA) is 107 Å². The number of aliphatic hydroxyl groups is 2. The van der Waals surface area contributed by atoms with Gasteiger partial charge in [-0.3, -0.25) is 4.90 Å². The van der Waals surface area contributed by atoms with Crippen LogP contribution in [0.1, 0.15) is 0 Å². The number of nitrogens with one attached hydrogen (secondary N) is 2. The monoisotopic (exact) mass is 528 g/mol. The Morgan fingerprint density at radius 3 is 2.34 bits per heavy atom. The Kier molecular flexibility index (Phi) is 11.4. The summed E-state index contributed by atoms with van der Waals surface area (Å²) >= 11 is 0. The number of carbonyl (C=O) groups is 1. The molecule has 0 aromatic heterocycles. The first-order valence-corrected chi connectivity index (χ1v) is 11.3. The number of amides is 2. The van der Waals surface area contributed by atoms with E-state index in [1.165, 1.54) is 0 Å². The van der Waals surface area contributed by atoms with E-state index in [0.29, 0.717) is 18.8 Å². The summed E-state index contributed by atoms with van der Waals surface area (Å²) in [6, 6.07) is 16.5. The predicted octanol–water partition coefficient (Wildman–Crippen LogP) is 1.97. The van der Waals surface area contributed by atoms with E-state index >= 15 is 0 Å². The molecule has 2 aromatic rings. The molecule has 4 rings (SSSR count). The average molecular weight is 529 g/mol. The van der Waals surface area contributed by atoms with Crippen LogP contribution in [0.25, 0.3) is 0 Å². The molecule has 0 unspecified atom stereocenters. The third kappa shape index (κ3) is 6.91. The number of rotatable bonds is 7. The lowest BCUT2D eigenvalue weighted by Crippen LogP contribution is -2.57. The summed E-state index contributed by atoms with van der Waals surface area (Å²) in [7, 11) is 1.67. The van der Waals surface area contributed by atoms with Crippen LogP contribution in [0.5, 0.6) is 5.75 Å². The van der Waals surface area contributed by atoms with Gasteiger partial charge in [0.05, 0.1) is 31.5 Å². The van der Waals surface area contributed by atoms with Crippen LogP contribution in [0.2, 0.25) is 0 Å². The van der Waals surface area contributed by atoms with Crippen molar-refractivity contribution >= 4 is 42.2 Å². The Hall–Kier alpha value is -2.27. The number of nitrogens with zero attached hydrogens (tertiary/aromatic N) is 2. The minimum Gasteiger partial charge on any atom is -0.495 e. The van der Waals surface area contributed by atoms with Gasteiger partial charge in [-0.2, -0.15) is 0 Å². The van der Waals surface area contributed by atoms with Crippen molar-refractivity contribution in [1.29, 1.82) is 0 Å². The molecule has 2 aliphatic heterocycles. The molecule has 0 radical (unpaired) electrons. The van der Waals surface area contributed by atoms with Gasteiger partial charge in [0.15, 0.2) is 0 Å². The van der Waals surface area contributed by atoms with Crippen molar-refractivity contribution in [2.75, 3.05) is 56.7 Å². The Morgan fingerprint density at radius 1 is 1.03 bits per heavy atom. The molecule has 2 aromatic carbocycles. The number of para-hydroxylation sites is 3. The lowest BCUT2D eigenvalue weighted by atomic mass is 10.0. The quantitative estimate of drug-likeness (QED) is 0.435. The second kappa shape index (κ2) is 13.7. The van der Waals surface area contributed by atoms with E-state index in [1.807, 2.05) is 42.5 Å². The van der Waals surface area contributed by atoms with Gasteiger partial charge in [-0.15, -0.1) is 24.8 Å². The second-order valence-corrected chi connectivity index (χ2v) is 8.27. The van der Waals surface area contributed by atoms with Crippen molar-refractivity contribution in [3.8, 4) is 5.75 Å². The number of ether oxygens (including phenoxy) is 2. The van der Waals surface area contributed by atoms with E-state index in [1.54, 1.807) is 19.2 Å². The highest BCUT2D eigenvalue weighted by Gasteiger charge is 2.46.